The molecule has 0 bridgehead atoms. The summed E-state index contributed by atoms with van der Waals surface area (Å²) in [6, 6.07) is 6.63. The van der Waals surface area contributed by atoms with E-state index in [-0.39, 0.29) is 11.5 Å². The Morgan fingerprint density at radius 2 is 1.95 bits per heavy atom. The summed E-state index contributed by atoms with van der Waals surface area (Å²) in [7, 11) is -2.28. The molecule has 0 amide bonds. The van der Waals surface area contributed by atoms with Crippen LogP contribution >= 0.6 is 11.3 Å². The number of hydrogen-bond acceptors (Lipinski definition) is 4. The molecule has 0 unspecified atom stereocenters. The molecule has 1 N–H and O–H groups in total. The SMILES string of the molecule is CN(c1ccc(F)cc1)S(=O)(=O)c1csc(CO)c1. The molecule has 1 heterocycles. The van der Waals surface area contributed by atoms with E-state index in [1.807, 2.05) is 0 Å². The van der Waals surface area contributed by atoms with E-state index in [0.29, 0.717) is 10.6 Å². The first kappa shape index (κ1) is 14.0. The lowest BCUT2D eigenvalue weighted by Crippen LogP contribution is -2.26. The van der Waals surface area contributed by atoms with E-state index in [2.05, 4.69) is 0 Å². The van der Waals surface area contributed by atoms with Gasteiger partial charge in [0.1, 0.15) is 5.82 Å². The summed E-state index contributed by atoms with van der Waals surface area (Å²) in [4.78, 5) is 0.694. The van der Waals surface area contributed by atoms with Gasteiger partial charge in [0.25, 0.3) is 10.0 Å². The Bertz CT molecular complexity index is 665. The molecule has 1 aromatic heterocycles. The minimum atomic E-state index is -3.68. The third kappa shape index (κ3) is 2.78. The van der Waals surface area contributed by atoms with Gasteiger partial charge in [-0.2, -0.15) is 0 Å². The zero-order valence-corrected chi connectivity index (χ0v) is 11.7. The number of nitrogens with zero attached hydrogens (tertiary/aromatic N) is 1. The van der Waals surface area contributed by atoms with Gasteiger partial charge in [0.15, 0.2) is 0 Å². The largest absolute Gasteiger partial charge is 0.391 e. The maximum Gasteiger partial charge on any atom is 0.264 e. The summed E-state index contributed by atoms with van der Waals surface area (Å²) in [6.07, 6.45) is 0. The molecule has 0 radical (unpaired) electrons. The van der Waals surface area contributed by atoms with E-state index in [9.17, 15) is 12.8 Å². The van der Waals surface area contributed by atoms with Gasteiger partial charge in [0, 0.05) is 17.3 Å². The molecule has 0 saturated heterocycles. The van der Waals surface area contributed by atoms with Gasteiger partial charge in [-0.3, -0.25) is 4.31 Å². The molecule has 7 heteroatoms. The van der Waals surface area contributed by atoms with Crippen LogP contribution in [0.15, 0.2) is 40.6 Å². The lowest BCUT2D eigenvalue weighted by Gasteiger charge is -2.18. The van der Waals surface area contributed by atoms with Crippen LogP contribution in [0.4, 0.5) is 10.1 Å². The van der Waals surface area contributed by atoms with Crippen LogP contribution in [0, 0.1) is 5.82 Å². The van der Waals surface area contributed by atoms with Crippen molar-refractivity contribution >= 4 is 27.0 Å². The quantitative estimate of drug-likeness (QED) is 0.942. The van der Waals surface area contributed by atoms with Crippen molar-refractivity contribution in [3.8, 4) is 0 Å². The average Bonchev–Trinajstić information content (AvgIpc) is 2.88. The number of sulfonamides is 1. The van der Waals surface area contributed by atoms with Gasteiger partial charge < -0.3 is 5.11 Å². The molecule has 0 saturated carbocycles. The highest BCUT2D eigenvalue weighted by atomic mass is 32.2. The lowest BCUT2D eigenvalue weighted by molar-refractivity contribution is 0.285. The second-order valence-corrected chi connectivity index (χ2v) is 6.82. The predicted molar refractivity (Wildman–Crippen MR) is 72.2 cm³/mol. The predicted octanol–water partition coefficient (Wildman–Crippen LogP) is 2.20. The maximum atomic E-state index is 12.8. The van der Waals surface area contributed by atoms with Crippen LogP contribution in [0.5, 0.6) is 0 Å². The van der Waals surface area contributed by atoms with Crippen LogP contribution in [0.1, 0.15) is 4.88 Å². The van der Waals surface area contributed by atoms with Gasteiger partial charge in [-0.1, -0.05) is 0 Å². The zero-order chi connectivity index (χ0) is 14.0. The first-order valence-electron chi connectivity index (χ1n) is 5.38. The standard InChI is InChI=1S/C12H12FNO3S2/c1-14(10-4-2-9(13)3-5-10)19(16,17)12-6-11(7-15)18-8-12/h2-6,8,15H,7H2,1H3. The minimum absolute atomic E-state index is 0.119. The topological polar surface area (TPSA) is 57.6 Å². The Morgan fingerprint density at radius 1 is 1.32 bits per heavy atom. The van der Waals surface area contributed by atoms with E-state index in [1.54, 1.807) is 0 Å². The number of aliphatic hydroxyl groups excluding tert-OH is 1. The first-order chi connectivity index (χ1) is 8.95. The Balaban J connectivity index is 2.36. The molecule has 19 heavy (non-hydrogen) atoms. The maximum absolute atomic E-state index is 12.8. The Kier molecular flexibility index (Phi) is 3.88. The summed E-state index contributed by atoms with van der Waals surface area (Å²) in [5.74, 6) is -0.423. The fourth-order valence-corrected chi connectivity index (χ4v) is 3.84. The van der Waals surface area contributed by atoms with Crippen LogP contribution in [0.3, 0.4) is 0 Å². The molecule has 0 aliphatic rings. The van der Waals surface area contributed by atoms with Gasteiger partial charge in [-0.25, -0.2) is 12.8 Å². The molecule has 2 aromatic rings. The zero-order valence-electron chi connectivity index (χ0n) is 10.1. The van der Waals surface area contributed by atoms with Crippen molar-refractivity contribution in [2.24, 2.45) is 0 Å². The molecule has 102 valence electrons. The summed E-state index contributed by atoms with van der Waals surface area (Å²) in [6.45, 7) is -0.194. The number of thiophene rings is 1. The Morgan fingerprint density at radius 3 is 2.47 bits per heavy atom. The Labute approximate surface area is 114 Å². The van der Waals surface area contributed by atoms with Crippen molar-refractivity contribution in [1.29, 1.82) is 0 Å². The molecule has 0 fully saturated rings. The average molecular weight is 301 g/mol. The van der Waals surface area contributed by atoms with E-state index >= 15 is 0 Å². The molecule has 0 spiro atoms. The lowest BCUT2D eigenvalue weighted by atomic mass is 10.3. The number of halogens is 1. The van der Waals surface area contributed by atoms with Gasteiger partial charge in [0.2, 0.25) is 0 Å². The fourth-order valence-electron chi connectivity index (χ4n) is 1.53. The smallest absolute Gasteiger partial charge is 0.264 e. The van der Waals surface area contributed by atoms with Crippen molar-refractivity contribution in [2.45, 2.75) is 11.5 Å². The summed E-state index contributed by atoms with van der Waals surface area (Å²) in [5, 5.41) is 10.4. The summed E-state index contributed by atoms with van der Waals surface area (Å²) in [5.41, 5.74) is 0.373. The van der Waals surface area contributed by atoms with Gasteiger partial charge in [-0.05, 0) is 30.3 Å². The molecule has 0 aliphatic heterocycles. The molecular formula is C12H12FNO3S2. The summed E-state index contributed by atoms with van der Waals surface area (Å²) < 4.78 is 38.5. The number of benzene rings is 1. The van der Waals surface area contributed by atoms with Crippen LogP contribution in [0.25, 0.3) is 0 Å². The second-order valence-electron chi connectivity index (χ2n) is 3.86. The highest BCUT2D eigenvalue weighted by Crippen LogP contribution is 2.25. The van der Waals surface area contributed by atoms with E-state index < -0.39 is 15.8 Å². The molecule has 2 rings (SSSR count). The third-order valence-corrected chi connectivity index (χ3v) is 5.47. The number of hydrogen-bond donors (Lipinski definition) is 1. The monoisotopic (exact) mass is 301 g/mol. The van der Waals surface area contributed by atoms with E-state index in [4.69, 9.17) is 5.11 Å². The van der Waals surface area contributed by atoms with Crippen molar-refractivity contribution in [1.82, 2.24) is 0 Å². The molecule has 0 aliphatic carbocycles. The van der Waals surface area contributed by atoms with Crippen LogP contribution < -0.4 is 4.31 Å². The second kappa shape index (κ2) is 5.28. The van der Waals surface area contributed by atoms with E-state index in [1.165, 1.54) is 54.1 Å². The van der Waals surface area contributed by atoms with Crippen LogP contribution in [-0.4, -0.2) is 20.6 Å². The number of rotatable bonds is 4. The fraction of sp³-hybridized carbons (Fsp3) is 0.167. The molecule has 1 aromatic carbocycles. The first-order valence-corrected chi connectivity index (χ1v) is 7.70. The Hall–Kier alpha value is -1.44. The van der Waals surface area contributed by atoms with Crippen molar-refractivity contribution < 1.29 is 17.9 Å². The number of aliphatic hydroxyl groups is 1. The van der Waals surface area contributed by atoms with Gasteiger partial charge >= 0.3 is 0 Å². The van der Waals surface area contributed by atoms with E-state index in [0.717, 1.165) is 4.31 Å². The van der Waals surface area contributed by atoms with Crippen molar-refractivity contribution in [3.63, 3.8) is 0 Å². The highest BCUT2D eigenvalue weighted by molar-refractivity contribution is 7.93. The van der Waals surface area contributed by atoms with Crippen LogP contribution in [-0.2, 0) is 16.6 Å². The highest BCUT2D eigenvalue weighted by Gasteiger charge is 2.22. The van der Waals surface area contributed by atoms with Crippen LogP contribution in [0.2, 0.25) is 0 Å². The van der Waals surface area contributed by atoms with Crippen molar-refractivity contribution in [3.05, 3.63) is 46.4 Å². The molecule has 0 atom stereocenters. The van der Waals surface area contributed by atoms with Gasteiger partial charge in [-0.15, -0.1) is 11.3 Å². The molecule has 4 nitrogen and oxygen atoms in total. The third-order valence-electron chi connectivity index (χ3n) is 2.63. The van der Waals surface area contributed by atoms with Gasteiger partial charge in [0.05, 0.1) is 17.2 Å². The normalized spacial score (nSPS) is 11.5. The van der Waals surface area contributed by atoms with Crippen molar-refractivity contribution in [2.75, 3.05) is 11.4 Å². The minimum Gasteiger partial charge on any atom is -0.391 e. The summed E-state index contributed by atoms with van der Waals surface area (Å²) >= 11 is 1.18. The number of anilines is 1. The molecular weight excluding hydrogens is 289 g/mol.